The average molecular weight is 638 g/mol. The first-order valence-electron chi connectivity index (χ1n) is 13.6. The van der Waals surface area contributed by atoms with Gasteiger partial charge in [-0.3, -0.25) is 14.4 Å². The van der Waals surface area contributed by atoms with Crippen LogP contribution in [0.5, 0.6) is 0 Å². The summed E-state index contributed by atoms with van der Waals surface area (Å²) in [5, 5.41) is 6.35. The van der Waals surface area contributed by atoms with Gasteiger partial charge in [-0.05, 0) is 71.3 Å². The zero-order valence-corrected chi connectivity index (χ0v) is 25.6. The number of benzene rings is 5. The van der Waals surface area contributed by atoms with Crippen LogP contribution in [-0.4, -0.2) is 23.4 Å². The first kappa shape index (κ1) is 30.8. The van der Waals surface area contributed by atoms with E-state index < -0.39 is 11.8 Å². The normalized spacial score (nSPS) is 11.1. The summed E-state index contributed by atoms with van der Waals surface area (Å²) < 4.78 is 0. The summed E-state index contributed by atoms with van der Waals surface area (Å²) in [6.07, 6.45) is 1.64. The Hall–Kier alpha value is -4.62. The summed E-state index contributed by atoms with van der Waals surface area (Å²) in [6.45, 7) is 0. The molecule has 0 heterocycles. The van der Waals surface area contributed by atoms with Crippen LogP contribution < -0.4 is 10.6 Å². The number of ketones is 1. The van der Waals surface area contributed by atoms with Gasteiger partial charge in [0.1, 0.15) is 5.70 Å². The van der Waals surface area contributed by atoms with E-state index in [2.05, 4.69) is 10.6 Å². The summed E-state index contributed by atoms with van der Waals surface area (Å²) in [4.78, 5) is 40.0. The highest BCUT2D eigenvalue weighted by molar-refractivity contribution is 8.00. The lowest BCUT2D eigenvalue weighted by atomic mass is 10.0. The van der Waals surface area contributed by atoms with Crippen LogP contribution in [0.4, 0.5) is 5.69 Å². The van der Waals surface area contributed by atoms with Crippen LogP contribution >= 0.6 is 35.0 Å². The first-order chi connectivity index (χ1) is 21.4. The molecule has 0 spiro atoms. The van der Waals surface area contributed by atoms with Crippen molar-refractivity contribution in [2.45, 2.75) is 4.90 Å². The SMILES string of the molecule is O=C(Nc1cccc(SCC(=O)c2ccc(Cl)c(Cl)c2)c1)/C(=C/c1ccc(-c2ccccc2)cc1)NC(=O)c1ccccc1. The smallest absolute Gasteiger partial charge is 0.272 e. The fraction of sp³-hybridized carbons (Fsp3) is 0.0278. The molecule has 0 aliphatic heterocycles. The van der Waals surface area contributed by atoms with Gasteiger partial charge in [0.15, 0.2) is 5.78 Å². The van der Waals surface area contributed by atoms with E-state index in [9.17, 15) is 14.4 Å². The third-order valence-corrected chi connectivity index (χ3v) is 8.29. The Kier molecular flexibility index (Phi) is 10.3. The topological polar surface area (TPSA) is 75.3 Å². The Morgan fingerprint density at radius 1 is 0.659 bits per heavy atom. The minimum absolute atomic E-state index is 0.0826. The van der Waals surface area contributed by atoms with Crippen molar-refractivity contribution in [3.63, 3.8) is 0 Å². The van der Waals surface area contributed by atoms with Crippen molar-refractivity contribution in [3.05, 3.63) is 160 Å². The molecular formula is C36H26Cl2N2O3S. The second-order valence-corrected chi connectivity index (χ2v) is 11.6. The van der Waals surface area contributed by atoms with Gasteiger partial charge in [-0.25, -0.2) is 0 Å². The van der Waals surface area contributed by atoms with E-state index in [1.807, 2.05) is 66.7 Å². The van der Waals surface area contributed by atoms with Gasteiger partial charge in [-0.2, -0.15) is 0 Å². The number of hydrogen-bond acceptors (Lipinski definition) is 4. The third kappa shape index (κ3) is 8.26. The molecule has 0 saturated heterocycles. The van der Waals surface area contributed by atoms with Crippen LogP contribution in [0.2, 0.25) is 10.0 Å². The van der Waals surface area contributed by atoms with Crippen LogP contribution in [0.1, 0.15) is 26.3 Å². The van der Waals surface area contributed by atoms with Crippen molar-refractivity contribution < 1.29 is 14.4 Å². The number of Topliss-reactive ketones (excluding diaryl/α,β-unsaturated/α-hetero) is 1. The molecule has 0 atom stereocenters. The van der Waals surface area contributed by atoms with Gasteiger partial charge >= 0.3 is 0 Å². The maximum Gasteiger partial charge on any atom is 0.272 e. The largest absolute Gasteiger partial charge is 0.321 e. The second kappa shape index (κ2) is 14.7. The number of anilines is 1. The average Bonchev–Trinajstić information content (AvgIpc) is 3.06. The molecule has 0 aromatic heterocycles. The highest BCUT2D eigenvalue weighted by atomic mass is 35.5. The van der Waals surface area contributed by atoms with E-state index in [0.29, 0.717) is 26.9 Å². The van der Waals surface area contributed by atoms with Crippen LogP contribution in [0, 0.1) is 0 Å². The number of rotatable bonds is 10. The second-order valence-electron chi connectivity index (χ2n) is 9.69. The minimum Gasteiger partial charge on any atom is -0.321 e. The Morgan fingerprint density at radius 3 is 2.05 bits per heavy atom. The van der Waals surface area contributed by atoms with Gasteiger partial charge < -0.3 is 10.6 Å². The number of thioether (sulfide) groups is 1. The molecule has 0 aliphatic carbocycles. The Bertz CT molecular complexity index is 1830. The lowest BCUT2D eigenvalue weighted by Gasteiger charge is -2.12. The molecule has 218 valence electrons. The van der Waals surface area contributed by atoms with E-state index >= 15 is 0 Å². The van der Waals surface area contributed by atoms with Crippen LogP contribution in [-0.2, 0) is 4.79 Å². The molecule has 0 aliphatic rings. The Balaban J connectivity index is 1.32. The molecule has 0 fully saturated rings. The van der Waals surface area contributed by atoms with Gasteiger partial charge in [0.05, 0.1) is 15.8 Å². The summed E-state index contributed by atoms with van der Waals surface area (Å²) in [7, 11) is 0. The lowest BCUT2D eigenvalue weighted by molar-refractivity contribution is -0.113. The van der Waals surface area contributed by atoms with E-state index in [-0.39, 0.29) is 17.2 Å². The molecule has 0 saturated carbocycles. The Labute approximate surface area is 269 Å². The number of nitrogens with one attached hydrogen (secondary N) is 2. The minimum atomic E-state index is -0.490. The van der Waals surface area contributed by atoms with E-state index in [1.54, 1.807) is 66.7 Å². The van der Waals surface area contributed by atoms with Crippen LogP contribution in [0.15, 0.2) is 138 Å². The molecule has 8 heteroatoms. The number of carbonyl (C=O) groups is 3. The highest BCUT2D eigenvalue weighted by Crippen LogP contribution is 2.26. The number of halogens is 2. The van der Waals surface area contributed by atoms with Crippen LogP contribution in [0.3, 0.4) is 0 Å². The van der Waals surface area contributed by atoms with E-state index in [1.165, 1.54) is 11.8 Å². The lowest BCUT2D eigenvalue weighted by Crippen LogP contribution is -2.30. The number of carbonyl (C=O) groups excluding carboxylic acids is 3. The predicted molar refractivity (Wildman–Crippen MR) is 180 cm³/mol. The van der Waals surface area contributed by atoms with Gasteiger partial charge in [0, 0.05) is 21.7 Å². The maximum atomic E-state index is 13.5. The van der Waals surface area contributed by atoms with Gasteiger partial charge in [0.25, 0.3) is 11.8 Å². The van der Waals surface area contributed by atoms with Crippen molar-refractivity contribution in [1.82, 2.24) is 5.32 Å². The summed E-state index contributed by atoms with van der Waals surface area (Å²) >= 11 is 13.4. The molecule has 5 rings (SSSR count). The molecule has 5 aromatic rings. The van der Waals surface area contributed by atoms with Crippen molar-refractivity contribution >= 4 is 64.3 Å². The van der Waals surface area contributed by atoms with Gasteiger partial charge in [-0.15, -0.1) is 11.8 Å². The summed E-state index contributed by atoms with van der Waals surface area (Å²) in [5.74, 6) is -0.823. The monoisotopic (exact) mass is 636 g/mol. The molecule has 0 radical (unpaired) electrons. The molecule has 0 unspecified atom stereocenters. The van der Waals surface area contributed by atoms with E-state index in [0.717, 1.165) is 21.6 Å². The standard InChI is InChI=1S/C36H26Cl2N2O3S/c37-31-19-18-28(21-32(31)38)34(41)23-44-30-13-7-12-29(22-30)39-36(43)33(40-35(42)27-10-5-2-6-11-27)20-24-14-16-26(17-15-24)25-8-3-1-4-9-25/h1-22H,23H2,(H,39,43)(H,40,42)/b33-20-. The van der Waals surface area contributed by atoms with Crippen molar-refractivity contribution in [2.24, 2.45) is 0 Å². The van der Waals surface area contributed by atoms with Crippen molar-refractivity contribution in [3.8, 4) is 11.1 Å². The molecule has 2 N–H and O–H groups in total. The predicted octanol–water partition coefficient (Wildman–Crippen LogP) is 9.05. The fourth-order valence-corrected chi connectivity index (χ4v) is 5.42. The van der Waals surface area contributed by atoms with Gasteiger partial charge in [0.2, 0.25) is 0 Å². The zero-order chi connectivity index (χ0) is 30.9. The Morgan fingerprint density at radius 2 is 1.34 bits per heavy atom. The molecule has 5 nitrogen and oxygen atoms in total. The molecule has 2 amide bonds. The third-order valence-electron chi connectivity index (χ3n) is 6.56. The number of amides is 2. The molecule has 0 bridgehead atoms. The summed E-state index contributed by atoms with van der Waals surface area (Å²) in [5.41, 5.74) is 4.35. The number of hydrogen-bond donors (Lipinski definition) is 2. The van der Waals surface area contributed by atoms with Crippen molar-refractivity contribution in [1.29, 1.82) is 0 Å². The molecule has 5 aromatic carbocycles. The fourth-order valence-electron chi connectivity index (χ4n) is 4.28. The quantitative estimate of drug-likeness (QED) is 0.0911. The first-order valence-corrected chi connectivity index (χ1v) is 15.4. The van der Waals surface area contributed by atoms with Crippen LogP contribution in [0.25, 0.3) is 17.2 Å². The van der Waals surface area contributed by atoms with Crippen molar-refractivity contribution in [2.75, 3.05) is 11.1 Å². The molecular weight excluding hydrogens is 611 g/mol. The maximum absolute atomic E-state index is 13.5. The van der Waals surface area contributed by atoms with E-state index in [4.69, 9.17) is 23.2 Å². The molecule has 44 heavy (non-hydrogen) atoms. The highest BCUT2D eigenvalue weighted by Gasteiger charge is 2.16. The summed E-state index contributed by atoms with van der Waals surface area (Å²) in [6, 6.07) is 38.3. The zero-order valence-electron chi connectivity index (χ0n) is 23.3. The van der Waals surface area contributed by atoms with Gasteiger partial charge in [-0.1, -0.05) is 102 Å².